The molecule has 0 aliphatic rings. The quantitative estimate of drug-likeness (QED) is 0.904. The van der Waals surface area contributed by atoms with Crippen LogP contribution in [-0.2, 0) is 12.5 Å². The van der Waals surface area contributed by atoms with E-state index < -0.39 is 0 Å². The third-order valence-electron chi connectivity index (χ3n) is 3.35. The second kappa shape index (κ2) is 5.01. The first-order chi connectivity index (χ1) is 9.32. The Bertz CT molecular complexity index is 652. The topological polar surface area (TPSA) is 53.6 Å². The average molecular weight is 268 g/mol. The number of nitrogens with one attached hydrogen (secondary N) is 1. The summed E-state index contributed by atoms with van der Waals surface area (Å²) < 4.78 is 1.70. The van der Waals surface area contributed by atoms with E-state index in [4.69, 9.17) is 0 Å². The molecule has 0 saturated heterocycles. The van der Waals surface area contributed by atoms with Gasteiger partial charge in [0.25, 0.3) is 0 Å². The molecule has 0 aliphatic heterocycles. The maximum atomic E-state index is 9.20. The molecular weight excluding hydrogens is 248 g/mol. The van der Waals surface area contributed by atoms with Crippen LogP contribution in [0.15, 0.2) is 24.3 Å². The molecule has 0 fully saturated rings. The number of hydrogen-bond donors (Lipinski definition) is 1. The molecule has 2 rings (SSSR count). The van der Waals surface area contributed by atoms with Gasteiger partial charge >= 0.3 is 0 Å². The summed E-state index contributed by atoms with van der Waals surface area (Å²) in [4.78, 5) is 0. The Balaban J connectivity index is 2.30. The fourth-order valence-corrected chi connectivity index (χ4v) is 2.13. The molecule has 104 valence electrons. The van der Waals surface area contributed by atoms with Gasteiger partial charge in [0.15, 0.2) is 0 Å². The molecule has 1 N–H and O–H groups in total. The highest BCUT2D eigenvalue weighted by Crippen LogP contribution is 2.26. The lowest BCUT2D eigenvalue weighted by atomic mass is 9.87. The first kappa shape index (κ1) is 14.1. The van der Waals surface area contributed by atoms with Gasteiger partial charge in [-0.15, -0.1) is 0 Å². The normalized spacial score (nSPS) is 11.2. The molecule has 1 heterocycles. The van der Waals surface area contributed by atoms with Gasteiger partial charge < -0.3 is 5.32 Å². The summed E-state index contributed by atoms with van der Waals surface area (Å²) in [6.07, 6.45) is 0. The molecule has 20 heavy (non-hydrogen) atoms. The number of hydrogen-bond acceptors (Lipinski definition) is 3. The van der Waals surface area contributed by atoms with Gasteiger partial charge in [-0.2, -0.15) is 10.4 Å². The van der Waals surface area contributed by atoms with E-state index in [9.17, 15) is 5.26 Å². The molecule has 0 aliphatic carbocycles. The van der Waals surface area contributed by atoms with E-state index >= 15 is 0 Å². The zero-order chi connectivity index (χ0) is 14.9. The molecule has 0 radical (unpaired) electrons. The maximum absolute atomic E-state index is 9.20. The minimum Gasteiger partial charge on any atom is -0.339 e. The average Bonchev–Trinajstić information content (AvgIpc) is 2.63. The van der Waals surface area contributed by atoms with E-state index in [1.165, 1.54) is 5.56 Å². The summed E-state index contributed by atoms with van der Waals surface area (Å²) in [7, 11) is 1.83. The van der Waals surface area contributed by atoms with Crippen molar-refractivity contribution in [3.8, 4) is 6.07 Å². The van der Waals surface area contributed by atoms with Crippen molar-refractivity contribution >= 4 is 11.5 Å². The standard InChI is InChI=1S/C16H20N4/c1-11-14(10-17)15(20(5)19-11)18-13-8-6-12(7-9-13)16(2,3)4/h6-9,18H,1-5H3. The van der Waals surface area contributed by atoms with Crippen LogP contribution in [0.1, 0.15) is 37.6 Å². The fourth-order valence-electron chi connectivity index (χ4n) is 2.13. The smallest absolute Gasteiger partial charge is 0.146 e. The van der Waals surface area contributed by atoms with Crippen molar-refractivity contribution in [2.45, 2.75) is 33.1 Å². The van der Waals surface area contributed by atoms with E-state index in [-0.39, 0.29) is 5.41 Å². The van der Waals surface area contributed by atoms with Gasteiger partial charge in [0.1, 0.15) is 17.5 Å². The number of rotatable bonds is 2. The molecule has 1 aromatic heterocycles. The third-order valence-corrected chi connectivity index (χ3v) is 3.35. The molecule has 0 bridgehead atoms. The Morgan fingerprint density at radius 1 is 1.20 bits per heavy atom. The molecule has 1 aromatic carbocycles. The van der Waals surface area contributed by atoms with Gasteiger partial charge in [0.05, 0.1) is 5.69 Å². The Morgan fingerprint density at radius 3 is 2.30 bits per heavy atom. The minimum atomic E-state index is 0.138. The number of anilines is 2. The highest BCUT2D eigenvalue weighted by molar-refractivity contribution is 5.64. The van der Waals surface area contributed by atoms with Crippen LogP contribution in [0.2, 0.25) is 0 Å². The Morgan fingerprint density at radius 2 is 1.80 bits per heavy atom. The molecule has 4 nitrogen and oxygen atoms in total. The van der Waals surface area contributed by atoms with Crippen LogP contribution in [0.5, 0.6) is 0 Å². The van der Waals surface area contributed by atoms with E-state index in [0.29, 0.717) is 5.56 Å². The maximum Gasteiger partial charge on any atom is 0.146 e. The Kier molecular flexibility index (Phi) is 3.54. The van der Waals surface area contributed by atoms with Crippen molar-refractivity contribution in [3.05, 3.63) is 41.1 Å². The molecule has 0 amide bonds. The van der Waals surface area contributed by atoms with Crippen molar-refractivity contribution in [2.75, 3.05) is 5.32 Å². The van der Waals surface area contributed by atoms with Gasteiger partial charge in [0.2, 0.25) is 0 Å². The van der Waals surface area contributed by atoms with E-state index in [1.807, 2.05) is 26.1 Å². The summed E-state index contributed by atoms with van der Waals surface area (Å²) in [6.45, 7) is 8.40. The summed E-state index contributed by atoms with van der Waals surface area (Å²) in [6, 6.07) is 10.5. The highest BCUT2D eigenvalue weighted by Gasteiger charge is 2.15. The summed E-state index contributed by atoms with van der Waals surface area (Å²) in [5, 5.41) is 16.7. The van der Waals surface area contributed by atoms with Crippen LogP contribution in [0.3, 0.4) is 0 Å². The number of aryl methyl sites for hydroxylation is 2. The second-order valence-corrected chi connectivity index (χ2v) is 6.00. The first-order valence-electron chi connectivity index (χ1n) is 6.64. The molecule has 0 spiro atoms. The van der Waals surface area contributed by atoms with Gasteiger partial charge in [-0.25, -0.2) is 0 Å². The van der Waals surface area contributed by atoms with Crippen LogP contribution >= 0.6 is 0 Å². The van der Waals surface area contributed by atoms with Crippen molar-refractivity contribution in [1.82, 2.24) is 9.78 Å². The van der Waals surface area contributed by atoms with E-state index in [0.717, 1.165) is 17.2 Å². The molecule has 0 atom stereocenters. The molecule has 0 unspecified atom stereocenters. The summed E-state index contributed by atoms with van der Waals surface area (Å²) in [5.74, 6) is 0.730. The van der Waals surface area contributed by atoms with Crippen LogP contribution in [0.25, 0.3) is 0 Å². The van der Waals surface area contributed by atoms with Crippen molar-refractivity contribution in [1.29, 1.82) is 5.26 Å². The predicted octanol–water partition coefficient (Wildman–Crippen LogP) is 3.64. The SMILES string of the molecule is Cc1nn(C)c(Nc2ccc(C(C)(C)C)cc2)c1C#N. The van der Waals surface area contributed by atoms with Gasteiger partial charge in [-0.3, -0.25) is 4.68 Å². The first-order valence-corrected chi connectivity index (χ1v) is 6.64. The Hall–Kier alpha value is -2.28. The number of nitriles is 1. The van der Waals surface area contributed by atoms with Crippen LogP contribution in [0.4, 0.5) is 11.5 Å². The highest BCUT2D eigenvalue weighted by atomic mass is 15.3. The summed E-state index contributed by atoms with van der Waals surface area (Å²) >= 11 is 0. The lowest BCUT2D eigenvalue weighted by Crippen LogP contribution is -2.10. The lowest BCUT2D eigenvalue weighted by molar-refractivity contribution is 0.590. The van der Waals surface area contributed by atoms with Crippen LogP contribution < -0.4 is 5.32 Å². The molecule has 2 aromatic rings. The van der Waals surface area contributed by atoms with Gasteiger partial charge in [0, 0.05) is 12.7 Å². The van der Waals surface area contributed by atoms with Crippen LogP contribution in [0, 0.1) is 18.3 Å². The van der Waals surface area contributed by atoms with Crippen LogP contribution in [-0.4, -0.2) is 9.78 Å². The molecule has 4 heteroatoms. The van der Waals surface area contributed by atoms with Gasteiger partial charge in [-0.1, -0.05) is 32.9 Å². The predicted molar refractivity (Wildman–Crippen MR) is 81.1 cm³/mol. The number of benzene rings is 1. The largest absolute Gasteiger partial charge is 0.339 e. The second-order valence-electron chi connectivity index (χ2n) is 6.00. The number of aromatic nitrogens is 2. The monoisotopic (exact) mass is 268 g/mol. The molecule has 0 saturated carbocycles. The third kappa shape index (κ3) is 2.67. The van der Waals surface area contributed by atoms with Crippen molar-refractivity contribution < 1.29 is 0 Å². The number of nitrogens with zero attached hydrogens (tertiary/aromatic N) is 3. The Labute approximate surface area is 120 Å². The van der Waals surface area contributed by atoms with E-state index in [2.05, 4.69) is 49.4 Å². The molecular formula is C16H20N4. The van der Waals surface area contributed by atoms with Crippen molar-refractivity contribution in [3.63, 3.8) is 0 Å². The van der Waals surface area contributed by atoms with Gasteiger partial charge in [-0.05, 0) is 30.0 Å². The minimum absolute atomic E-state index is 0.138. The lowest BCUT2D eigenvalue weighted by Gasteiger charge is -2.19. The van der Waals surface area contributed by atoms with Crippen molar-refractivity contribution in [2.24, 2.45) is 7.05 Å². The summed E-state index contributed by atoms with van der Waals surface area (Å²) in [5.41, 5.74) is 3.71. The fraction of sp³-hybridized carbons (Fsp3) is 0.375. The zero-order valence-corrected chi connectivity index (χ0v) is 12.7. The zero-order valence-electron chi connectivity index (χ0n) is 12.7. The van der Waals surface area contributed by atoms with E-state index in [1.54, 1.807) is 4.68 Å².